The van der Waals surface area contributed by atoms with Crippen LogP contribution in [-0.2, 0) is 4.79 Å². The number of carboxylic acids is 1. The molecule has 0 saturated carbocycles. The summed E-state index contributed by atoms with van der Waals surface area (Å²) < 4.78 is 0. The van der Waals surface area contributed by atoms with E-state index >= 15 is 0 Å². The van der Waals surface area contributed by atoms with Crippen molar-refractivity contribution in [2.45, 2.75) is 26.2 Å². The van der Waals surface area contributed by atoms with Crippen molar-refractivity contribution < 1.29 is 19.5 Å². The summed E-state index contributed by atoms with van der Waals surface area (Å²) in [4.78, 5) is 39.2. The molecule has 0 unspecified atom stereocenters. The van der Waals surface area contributed by atoms with Crippen LogP contribution in [0, 0.1) is 0 Å². The van der Waals surface area contributed by atoms with Gasteiger partial charge in [0.25, 0.3) is 11.8 Å². The maximum Gasteiger partial charge on any atom is 0.305 e. The summed E-state index contributed by atoms with van der Waals surface area (Å²) in [5, 5.41) is 14.7. The molecule has 0 radical (unpaired) electrons. The number of amides is 2. The molecule has 25 heavy (non-hydrogen) atoms. The van der Waals surface area contributed by atoms with Gasteiger partial charge in [-0.1, -0.05) is 13.8 Å². The Kier molecular flexibility index (Phi) is 6.24. The van der Waals surface area contributed by atoms with Crippen LogP contribution in [0.3, 0.4) is 0 Å². The number of benzene rings is 1. The standard InChI is InChI=1S/C17H19N3O4S/c1-10(2)17-19-9-13(25-17)16(24)20-12-5-3-11(4-6-12)15(23)18-8-7-14(21)22/h3-6,9-10H,7-8H2,1-2H3,(H,18,23)(H,20,24)(H,21,22). The van der Waals surface area contributed by atoms with Crippen LogP contribution in [-0.4, -0.2) is 34.4 Å². The minimum atomic E-state index is -0.970. The second-order valence-electron chi connectivity index (χ2n) is 5.65. The highest BCUT2D eigenvalue weighted by Gasteiger charge is 2.13. The summed E-state index contributed by atoms with van der Waals surface area (Å²) in [6.45, 7) is 4.09. The lowest BCUT2D eigenvalue weighted by Crippen LogP contribution is -2.25. The van der Waals surface area contributed by atoms with E-state index in [1.165, 1.54) is 11.3 Å². The lowest BCUT2D eigenvalue weighted by molar-refractivity contribution is -0.136. The SMILES string of the molecule is CC(C)c1ncc(C(=O)Nc2ccc(C(=O)NCCC(=O)O)cc2)s1. The van der Waals surface area contributed by atoms with E-state index in [4.69, 9.17) is 5.11 Å². The van der Waals surface area contributed by atoms with Crippen molar-refractivity contribution in [3.8, 4) is 0 Å². The number of thiazole rings is 1. The zero-order valence-corrected chi connectivity index (χ0v) is 14.7. The fourth-order valence-electron chi connectivity index (χ4n) is 1.94. The van der Waals surface area contributed by atoms with E-state index in [9.17, 15) is 14.4 Å². The van der Waals surface area contributed by atoms with E-state index in [-0.39, 0.29) is 30.7 Å². The summed E-state index contributed by atoms with van der Waals surface area (Å²) >= 11 is 1.35. The van der Waals surface area contributed by atoms with Crippen LogP contribution in [0.4, 0.5) is 5.69 Å². The number of nitrogens with zero attached hydrogens (tertiary/aromatic N) is 1. The van der Waals surface area contributed by atoms with Crippen LogP contribution >= 0.6 is 11.3 Å². The number of aromatic nitrogens is 1. The van der Waals surface area contributed by atoms with Crippen LogP contribution in [0.15, 0.2) is 30.5 Å². The molecule has 0 saturated heterocycles. The Bertz CT molecular complexity index is 768. The first-order chi connectivity index (χ1) is 11.9. The second-order valence-corrected chi connectivity index (χ2v) is 6.71. The predicted octanol–water partition coefficient (Wildman–Crippen LogP) is 2.72. The van der Waals surface area contributed by atoms with E-state index in [2.05, 4.69) is 15.6 Å². The van der Waals surface area contributed by atoms with Crippen molar-refractivity contribution in [1.82, 2.24) is 10.3 Å². The van der Waals surface area contributed by atoms with Crippen molar-refractivity contribution in [2.24, 2.45) is 0 Å². The summed E-state index contributed by atoms with van der Waals surface area (Å²) in [7, 11) is 0. The van der Waals surface area contributed by atoms with Gasteiger partial charge in [-0.25, -0.2) is 4.98 Å². The molecular weight excluding hydrogens is 342 g/mol. The first kappa shape index (κ1) is 18.6. The Balaban J connectivity index is 1.94. The van der Waals surface area contributed by atoms with Crippen LogP contribution in [0.2, 0.25) is 0 Å². The fourth-order valence-corrected chi connectivity index (χ4v) is 2.76. The highest BCUT2D eigenvalue weighted by molar-refractivity contribution is 7.13. The van der Waals surface area contributed by atoms with Crippen molar-refractivity contribution in [3.05, 3.63) is 45.9 Å². The van der Waals surface area contributed by atoms with Gasteiger partial charge in [-0.2, -0.15) is 0 Å². The molecule has 1 aromatic carbocycles. The molecule has 0 aliphatic heterocycles. The number of rotatable bonds is 7. The quantitative estimate of drug-likeness (QED) is 0.703. The lowest BCUT2D eigenvalue weighted by Gasteiger charge is -2.06. The van der Waals surface area contributed by atoms with Crippen molar-refractivity contribution in [2.75, 3.05) is 11.9 Å². The van der Waals surface area contributed by atoms with Gasteiger partial charge < -0.3 is 15.7 Å². The number of carbonyl (C=O) groups excluding carboxylic acids is 2. The van der Waals surface area contributed by atoms with Gasteiger partial charge >= 0.3 is 5.97 Å². The van der Waals surface area contributed by atoms with Gasteiger partial charge in [-0.15, -0.1) is 11.3 Å². The maximum absolute atomic E-state index is 12.2. The third kappa shape index (κ3) is 5.39. The lowest BCUT2D eigenvalue weighted by atomic mass is 10.2. The minimum Gasteiger partial charge on any atom is -0.481 e. The Morgan fingerprint density at radius 2 is 1.84 bits per heavy atom. The maximum atomic E-state index is 12.2. The topological polar surface area (TPSA) is 108 Å². The van der Waals surface area contributed by atoms with Gasteiger partial charge in [-0.3, -0.25) is 14.4 Å². The summed E-state index contributed by atoms with van der Waals surface area (Å²) in [6.07, 6.45) is 1.42. The molecule has 1 aromatic heterocycles. The van der Waals surface area contributed by atoms with Crippen molar-refractivity contribution in [3.63, 3.8) is 0 Å². The largest absolute Gasteiger partial charge is 0.481 e. The first-order valence-electron chi connectivity index (χ1n) is 7.74. The molecule has 0 aliphatic carbocycles. The van der Waals surface area contributed by atoms with Gasteiger partial charge in [0.2, 0.25) is 0 Å². The second kappa shape index (κ2) is 8.39. The van der Waals surface area contributed by atoms with Crippen molar-refractivity contribution in [1.29, 1.82) is 0 Å². The highest BCUT2D eigenvalue weighted by atomic mass is 32.1. The molecule has 8 heteroatoms. The molecule has 0 spiro atoms. The number of nitrogens with one attached hydrogen (secondary N) is 2. The number of hydrogen-bond donors (Lipinski definition) is 3. The Morgan fingerprint density at radius 1 is 1.16 bits per heavy atom. The van der Waals surface area contributed by atoms with E-state index < -0.39 is 5.97 Å². The van der Waals surface area contributed by atoms with Crippen LogP contribution < -0.4 is 10.6 Å². The average Bonchev–Trinajstić information content (AvgIpc) is 3.05. The predicted molar refractivity (Wildman–Crippen MR) is 95.2 cm³/mol. The van der Waals surface area contributed by atoms with E-state index in [0.717, 1.165) is 5.01 Å². The van der Waals surface area contributed by atoms with Gasteiger partial charge in [0.15, 0.2) is 0 Å². The van der Waals surface area contributed by atoms with Crippen LogP contribution in [0.5, 0.6) is 0 Å². The molecular formula is C17H19N3O4S. The van der Waals surface area contributed by atoms with Gasteiger partial charge in [0.05, 0.1) is 17.6 Å². The Labute approximate surface area is 149 Å². The zero-order chi connectivity index (χ0) is 18.4. The zero-order valence-electron chi connectivity index (χ0n) is 13.9. The molecule has 2 aromatic rings. The first-order valence-corrected chi connectivity index (χ1v) is 8.55. The average molecular weight is 361 g/mol. The van der Waals surface area contributed by atoms with Gasteiger partial charge in [0.1, 0.15) is 4.88 Å². The number of carboxylic acid groups (broad SMARTS) is 1. The molecule has 7 nitrogen and oxygen atoms in total. The molecule has 0 atom stereocenters. The van der Waals surface area contributed by atoms with E-state index in [0.29, 0.717) is 16.1 Å². The Morgan fingerprint density at radius 3 is 2.40 bits per heavy atom. The molecule has 0 aliphatic rings. The van der Waals surface area contributed by atoms with E-state index in [1.54, 1.807) is 30.5 Å². The minimum absolute atomic E-state index is 0.0657. The van der Waals surface area contributed by atoms with E-state index in [1.807, 2.05) is 13.8 Å². The Hall–Kier alpha value is -2.74. The van der Waals surface area contributed by atoms with Crippen molar-refractivity contribution >= 4 is 34.8 Å². The normalized spacial score (nSPS) is 10.5. The molecule has 2 rings (SSSR count). The summed E-state index contributed by atoms with van der Waals surface area (Å²) in [5.74, 6) is -1.31. The molecule has 1 heterocycles. The number of hydrogen-bond acceptors (Lipinski definition) is 5. The smallest absolute Gasteiger partial charge is 0.305 e. The monoisotopic (exact) mass is 361 g/mol. The molecule has 3 N–H and O–H groups in total. The highest BCUT2D eigenvalue weighted by Crippen LogP contribution is 2.22. The summed E-state index contributed by atoms with van der Waals surface area (Å²) in [5.41, 5.74) is 0.954. The third-order valence-electron chi connectivity index (χ3n) is 3.27. The van der Waals surface area contributed by atoms with Gasteiger partial charge in [0, 0.05) is 23.7 Å². The number of anilines is 1. The summed E-state index contributed by atoms with van der Waals surface area (Å²) in [6, 6.07) is 6.37. The molecule has 0 bridgehead atoms. The van der Waals surface area contributed by atoms with Gasteiger partial charge in [-0.05, 0) is 24.3 Å². The number of carbonyl (C=O) groups is 3. The molecule has 0 fully saturated rings. The molecule has 2 amide bonds. The number of aliphatic carboxylic acids is 1. The van der Waals surface area contributed by atoms with Crippen LogP contribution in [0.1, 0.15) is 51.2 Å². The van der Waals surface area contributed by atoms with Crippen LogP contribution in [0.25, 0.3) is 0 Å². The fraction of sp³-hybridized carbons (Fsp3) is 0.294. The molecule has 132 valence electrons. The third-order valence-corrected chi connectivity index (χ3v) is 4.57.